The number of rotatable bonds is 5. The van der Waals surface area contributed by atoms with E-state index in [1.807, 2.05) is 36.4 Å². The molecule has 2 aromatic carbocycles. The molecular formula is C18H20N2O. The van der Waals surface area contributed by atoms with Crippen molar-refractivity contribution in [2.24, 2.45) is 0 Å². The van der Waals surface area contributed by atoms with Crippen LogP contribution >= 0.6 is 0 Å². The summed E-state index contributed by atoms with van der Waals surface area (Å²) in [4.78, 5) is 16.8. The van der Waals surface area contributed by atoms with E-state index in [2.05, 4.69) is 34.1 Å². The molecule has 0 aliphatic carbocycles. The van der Waals surface area contributed by atoms with E-state index in [0.717, 1.165) is 31.9 Å². The van der Waals surface area contributed by atoms with Gasteiger partial charge in [-0.3, -0.25) is 14.6 Å². The van der Waals surface area contributed by atoms with Gasteiger partial charge in [-0.05, 0) is 5.56 Å². The summed E-state index contributed by atoms with van der Waals surface area (Å²) in [6.07, 6.45) is 0. The van der Waals surface area contributed by atoms with E-state index in [0.29, 0.717) is 6.54 Å². The first-order chi connectivity index (χ1) is 10.3. The predicted octanol–water partition coefficient (Wildman–Crippen LogP) is 2.64. The van der Waals surface area contributed by atoms with Crippen molar-refractivity contribution >= 4 is 5.78 Å². The molecule has 3 nitrogen and oxygen atoms in total. The van der Waals surface area contributed by atoms with Gasteiger partial charge < -0.3 is 0 Å². The number of hydrogen-bond donors (Lipinski definition) is 0. The van der Waals surface area contributed by atoms with Crippen LogP contribution in [0.5, 0.6) is 0 Å². The fourth-order valence-corrected chi connectivity index (χ4v) is 2.73. The van der Waals surface area contributed by atoms with Crippen LogP contribution in [0.3, 0.4) is 0 Å². The first kappa shape index (κ1) is 14.0. The summed E-state index contributed by atoms with van der Waals surface area (Å²) >= 11 is 0. The molecule has 0 atom stereocenters. The quantitative estimate of drug-likeness (QED) is 0.787. The molecule has 0 bridgehead atoms. The van der Waals surface area contributed by atoms with Crippen LogP contribution in [0.15, 0.2) is 60.7 Å². The molecule has 1 saturated heterocycles. The van der Waals surface area contributed by atoms with Gasteiger partial charge >= 0.3 is 0 Å². The SMILES string of the molecule is O=C(CN1CCN(Cc2ccccc2)C1)c1ccccc1. The average Bonchev–Trinajstić information content (AvgIpc) is 2.96. The molecule has 108 valence electrons. The van der Waals surface area contributed by atoms with E-state index < -0.39 is 0 Å². The van der Waals surface area contributed by atoms with Crippen molar-refractivity contribution < 1.29 is 4.79 Å². The Hall–Kier alpha value is -1.97. The molecule has 1 fully saturated rings. The zero-order chi connectivity index (χ0) is 14.5. The summed E-state index contributed by atoms with van der Waals surface area (Å²) in [5, 5.41) is 0. The minimum absolute atomic E-state index is 0.206. The first-order valence-electron chi connectivity index (χ1n) is 7.38. The molecule has 21 heavy (non-hydrogen) atoms. The molecule has 0 saturated carbocycles. The van der Waals surface area contributed by atoms with Gasteiger partial charge in [0.15, 0.2) is 5.78 Å². The Morgan fingerprint density at radius 2 is 1.48 bits per heavy atom. The largest absolute Gasteiger partial charge is 0.293 e. The zero-order valence-electron chi connectivity index (χ0n) is 12.1. The molecule has 1 aliphatic rings. The number of Topliss-reactive ketones (excluding diaryl/α,β-unsaturated/α-hetero) is 1. The van der Waals surface area contributed by atoms with Crippen LogP contribution in [0.4, 0.5) is 0 Å². The van der Waals surface area contributed by atoms with E-state index in [4.69, 9.17) is 0 Å². The van der Waals surface area contributed by atoms with Gasteiger partial charge in [0, 0.05) is 25.2 Å². The topological polar surface area (TPSA) is 23.6 Å². The summed E-state index contributed by atoms with van der Waals surface area (Å²) in [6, 6.07) is 20.0. The summed E-state index contributed by atoms with van der Waals surface area (Å²) in [5.41, 5.74) is 2.13. The second kappa shape index (κ2) is 6.66. The summed E-state index contributed by atoms with van der Waals surface area (Å²) in [5.74, 6) is 0.206. The standard InChI is InChI=1S/C18H20N2O/c21-18(17-9-5-2-6-10-17)14-20-12-11-19(15-20)13-16-7-3-1-4-8-16/h1-10H,11-15H2. The summed E-state index contributed by atoms with van der Waals surface area (Å²) in [6.45, 7) is 4.32. The first-order valence-corrected chi connectivity index (χ1v) is 7.38. The number of ketones is 1. The lowest BCUT2D eigenvalue weighted by Gasteiger charge is -2.17. The number of hydrogen-bond acceptors (Lipinski definition) is 3. The van der Waals surface area contributed by atoms with Crippen LogP contribution in [0.25, 0.3) is 0 Å². The molecule has 0 N–H and O–H groups in total. The lowest BCUT2D eigenvalue weighted by atomic mass is 10.1. The molecule has 1 aliphatic heterocycles. The van der Waals surface area contributed by atoms with Crippen molar-refractivity contribution in [3.8, 4) is 0 Å². The molecule has 1 heterocycles. The van der Waals surface area contributed by atoms with E-state index in [1.54, 1.807) is 0 Å². The highest BCUT2D eigenvalue weighted by Gasteiger charge is 2.22. The van der Waals surface area contributed by atoms with Gasteiger partial charge in [0.25, 0.3) is 0 Å². The fraction of sp³-hybridized carbons (Fsp3) is 0.278. The molecule has 0 aromatic heterocycles. The summed E-state index contributed by atoms with van der Waals surface area (Å²) < 4.78 is 0. The van der Waals surface area contributed by atoms with Crippen molar-refractivity contribution in [2.75, 3.05) is 26.3 Å². The Bertz CT molecular complexity index is 583. The van der Waals surface area contributed by atoms with Crippen molar-refractivity contribution in [2.45, 2.75) is 6.54 Å². The van der Waals surface area contributed by atoms with Crippen molar-refractivity contribution in [1.29, 1.82) is 0 Å². The van der Waals surface area contributed by atoms with Crippen LogP contribution in [-0.4, -0.2) is 41.9 Å². The van der Waals surface area contributed by atoms with E-state index >= 15 is 0 Å². The normalized spacial score (nSPS) is 16.2. The smallest absolute Gasteiger partial charge is 0.176 e. The number of carbonyl (C=O) groups is 1. The molecule has 0 spiro atoms. The van der Waals surface area contributed by atoms with Gasteiger partial charge in [-0.1, -0.05) is 60.7 Å². The molecule has 0 radical (unpaired) electrons. The van der Waals surface area contributed by atoms with Gasteiger partial charge in [-0.15, -0.1) is 0 Å². The molecule has 2 aromatic rings. The maximum absolute atomic E-state index is 12.2. The van der Waals surface area contributed by atoms with Gasteiger partial charge in [0.1, 0.15) is 0 Å². The fourth-order valence-electron chi connectivity index (χ4n) is 2.73. The lowest BCUT2D eigenvalue weighted by molar-refractivity contribution is 0.0933. The third-order valence-corrected chi connectivity index (χ3v) is 3.84. The van der Waals surface area contributed by atoms with E-state index in [9.17, 15) is 4.79 Å². The predicted molar refractivity (Wildman–Crippen MR) is 84.1 cm³/mol. The van der Waals surface area contributed by atoms with Crippen molar-refractivity contribution in [3.05, 3.63) is 71.8 Å². The van der Waals surface area contributed by atoms with Crippen molar-refractivity contribution in [3.63, 3.8) is 0 Å². The molecule has 0 unspecified atom stereocenters. The Kier molecular flexibility index (Phi) is 4.43. The van der Waals surface area contributed by atoms with Crippen LogP contribution in [0.2, 0.25) is 0 Å². The molecule has 3 rings (SSSR count). The molecule has 3 heteroatoms. The number of carbonyl (C=O) groups excluding carboxylic acids is 1. The number of benzene rings is 2. The van der Waals surface area contributed by atoms with Crippen molar-refractivity contribution in [1.82, 2.24) is 9.80 Å². The van der Waals surface area contributed by atoms with Crippen LogP contribution in [0, 0.1) is 0 Å². The van der Waals surface area contributed by atoms with Crippen LogP contribution in [0.1, 0.15) is 15.9 Å². The minimum atomic E-state index is 0.206. The van der Waals surface area contributed by atoms with Crippen LogP contribution in [-0.2, 0) is 6.54 Å². The Labute approximate surface area is 125 Å². The Balaban J connectivity index is 1.52. The second-order valence-electron chi connectivity index (χ2n) is 5.52. The average molecular weight is 280 g/mol. The molecule has 0 amide bonds. The highest BCUT2D eigenvalue weighted by atomic mass is 16.1. The van der Waals surface area contributed by atoms with Gasteiger partial charge in [0.2, 0.25) is 0 Å². The third-order valence-electron chi connectivity index (χ3n) is 3.84. The van der Waals surface area contributed by atoms with E-state index in [-0.39, 0.29) is 5.78 Å². The highest BCUT2D eigenvalue weighted by Crippen LogP contribution is 2.11. The highest BCUT2D eigenvalue weighted by molar-refractivity contribution is 5.97. The Morgan fingerprint density at radius 3 is 2.19 bits per heavy atom. The lowest BCUT2D eigenvalue weighted by Crippen LogP contribution is -2.30. The maximum Gasteiger partial charge on any atom is 0.176 e. The monoisotopic (exact) mass is 280 g/mol. The maximum atomic E-state index is 12.2. The van der Waals surface area contributed by atoms with Crippen LogP contribution < -0.4 is 0 Å². The van der Waals surface area contributed by atoms with Gasteiger partial charge in [-0.2, -0.15) is 0 Å². The number of nitrogens with zero attached hydrogens (tertiary/aromatic N) is 2. The summed E-state index contributed by atoms with van der Waals surface area (Å²) in [7, 11) is 0. The second-order valence-corrected chi connectivity index (χ2v) is 5.52. The zero-order valence-corrected chi connectivity index (χ0v) is 12.1. The third kappa shape index (κ3) is 3.78. The molecular weight excluding hydrogens is 260 g/mol. The van der Waals surface area contributed by atoms with E-state index in [1.165, 1.54) is 5.56 Å². The van der Waals surface area contributed by atoms with Gasteiger partial charge in [0.05, 0.1) is 13.2 Å². The minimum Gasteiger partial charge on any atom is -0.293 e. The van der Waals surface area contributed by atoms with Gasteiger partial charge in [-0.25, -0.2) is 0 Å². The Morgan fingerprint density at radius 1 is 0.857 bits per heavy atom.